The molecular weight excluding hydrogens is 212 g/mol. The number of hydrogen-bond acceptors (Lipinski definition) is 2. The molecular formula is C15H18O2. The lowest BCUT2D eigenvalue weighted by molar-refractivity contribution is 0.112. The normalized spacial score (nSPS) is 9.65. The van der Waals surface area contributed by atoms with E-state index in [1.165, 1.54) is 0 Å². The monoisotopic (exact) mass is 230 g/mol. The average Bonchev–Trinajstić information content (AvgIpc) is 2.31. The van der Waals surface area contributed by atoms with E-state index >= 15 is 0 Å². The minimum Gasteiger partial charge on any atom is -0.364 e. The lowest BCUT2D eigenvalue weighted by Crippen LogP contribution is -2.02. The van der Waals surface area contributed by atoms with Gasteiger partial charge in [-0.2, -0.15) is 0 Å². The third kappa shape index (κ3) is 3.18. The largest absolute Gasteiger partial charge is 0.364 e. The molecule has 1 rings (SSSR count). The highest BCUT2D eigenvalue weighted by Crippen LogP contribution is 2.21. The van der Waals surface area contributed by atoms with E-state index in [4.69, 9.17) is 4.74 Å². The molecule has 1 aromatic rings. The van der Waals surface area contributed by atoms with Crippen molar-refractivity contribution in [1.29, 1.82) is 0 Å². The zero-order valence-corrected chi connectivity index (χ0v) is 10.9. The summed E-state index contributed by atoms with van der Waals surface area (Å²) in [7, 11) is 0. The summed E-state index contributed by atoms with van der Waals surface area (Å²) in [5.74, 6) is 5.65. The Hall–Kier alpha value is -1.59. The molecule has 0 saturated heterocycles. The molecule has 0 N–H and O–H groups in total. The molecule has 0 atom stereocenters. The molecule has 0 radical (unpaired) electrons. The van der Waals surface area contributed by atoms with E-state index in [0.29, 0.717) is 13.2 Å². The molecule has 0 saturated carbocycles. The van der Waals surface area contributed by atoms with Gasteiger partial charge < -0.3 is 4.74 Å². The van der Waals surface area contributed by atoms with Gasteiger partial charge in [0.25, 0.3) is 0 Å². The average molecular weight is 230 g/mol. The third-order valence-electron chi connectivity index (χ3n) is 2.99. The number of hydrogen-bond donors (Lipinski definition) is 0. The summed E-state index contributed by atoms with van der Waals surface area (Å²) in [6.07, 6.45) is 0.921. The first-order valence-electron chi connectivity index (χ1n) is 5.64. The standard InChI is InChI=1S/C15H18O2/c1-5-6-7-17-10-14-8-11(2)15(9-16)13(4)12(14)3/h8-9H,7,10H2,1-4H3. The first-order valence-corrected chi connectivity index (χ1v) is 5.64. The number of carbonyl (C=O) groups is 1. The second kappa shape index (κ2) is 6.22. The molecule has 0 unspecified atom stereocenters. The van der Waals surface area contributed by atoms with E-state index in [1.54, 1.807) is 6.92 Å². The minimum absolute atomic E-state index is 0.448. The SMILES string of the molecule is CC#CCOCc1cc(C)c(C=O)c(C)c1C. The molecule has 90 valence electrons. The molecule has 0 bridgehead atoms. The van der Waals surface area contributed by atoms with Gasteiger partial charge in [0.2, 0.25) is 0 Å². The van der Waals surface area contributed by atoms with Crippen LogP contribution < -0.4 is 0 Å². The Bertz CT molecular complexity index is 476. The van der Waals surface area contributed by atoms with Crippen molar-refractivity contribution in [3.8, 4) is 11.8 Å². The summed E-state index contributed by atoms with van der Waals surface area (Å²) in [5, 5.41) is 0. The Morgan fingerprint density at radius 1 is 1.29 bits per heavy atom. The Morgan fingerprint density at radius 3 is 2.59 bits per heavy atom. The molecule has 0 aliphatic carbocycles. The lowest BCUT2D eigenvalue weighted by Gasteiger charge is -2.13. The maximum atomic E-state index is 11.0. The molecule has 0 fully saturated rings. The van der Waals surface area contributed by atoms with Crippen molar-refractivity contribution in [1.82, 2.24) is 0 Å². The molecule has 2 heteroatoms. The van der Waals surface area contributed by atoms with Crippen LogP contribution in [0.4, 0.5) is 0 Å². The maximum absolute atomic E-state index is 11.0. The van der Waals surface area contributed by atoms with Crippen LogP contribution in [-0.2, 0) is 11.3 Å². The molecule has 0 heterocycles. The number of carbonyl (C=O) groups excluding carboxylic acids is 1. The second-order valence-corrected chi connectivity index (χ2v) is 4.05. The number of rotatable bonds is 4. The van der Waals surface area contributed by atoms with Crippen LogP contribution in [-0.4, -0.2) is 12.9 Å². The van der Waals surface area contributed by atoms with Crippen LogP contribution in [0.1, 0.15) is 39.5 Å². The molecule has 17 heavy (non-hydrogen) atoms. The number of aldehydes is 1. The van der Waals surface area contributed by atoms with Crippen LogP contribution in [0.5, 0.6) is 0 Å². The van der Waals surface area contributed by atoms with E-state index in [0.717, 1.165) is 34.1 Å². The molecule has 0 amide bonds. The van der Waals surface area contributed by atoms with Gasteiger partial charge in [0.1, 0.15) is 6.61 Å². The van der Waals surface area contributed by atoms with E-state index in [1.807, 2.05) is 26.8 Å². The van der Waals surface area contributed by atoms with Gasteiger partial charge >= 0.3 is 0 Å². The second-order valence-electron chi connectivity index (χ2n) is 4.05. The van der Waals surface area contributed by atoms with Gasteiger partial charge in [-0.1, -0.05) is 12.0 Å². The Labute approximate surface area is 103 Å². The van der Waals surface area contributed by atoms with Gasteiger partial charge in [-0.15, -0.1) is 5.92 Å². The van der Waals surface area contributed by atoms with Crippen molar-refractivity contribution >= 4 is 6.29 Å². The molecule has 0 aliphatic rings. The first kappa shape index (κ1) is 13.5. The van der Waals surface area contributed by atoms with Gasteiger partial charge in [0.05, 0.1) is 6.61 Å². The van der Waals surface area contributed by atoms with Crippen LogP contribution in [0.2, 0.25) is 0 Å². The number of ether oxygens (including phenoxy) is 1. The van der Waals surface area contributed by atoms with E-state index < -0.39 is 0 Å². The van der Waals surface area contributed by atoms with Gasteiger partial charge in [-0.05, 0) is 49.9 Å². The van der Waals surface area contributed by atoms with Crippen LogP contribution >= 0.6 is 0 Å². The Morgan fingerprint density at radius 2 is 2.00 bits per heavy atom. The van der Waals surface area contributed by atoms with Crippen LogP contribution in [0, 0.1) is 32.6 Å². The minimum atomic E-state index is 0.448. The summed E-state index contributed by atoms with van der Waals surface area (Å²) in [4.78, 5) is 11.0. The number of benzene rings is 1. The third-order valence-corrected chi connectivity index (χ3v) is 2.99. The first-order chi connectivity index (χ1) is 8.11. The van der Waals surface area contributed by atoms with Crippen LogP contribution in [0.3, 0.4) is 0 Å². The fourth-order valence-corrected chi connectivity index (χ4v) is 1.80. The summed E-state index contributed by atoms with van der Waals surface area (Å²) >= 11 is 0. The van der Waals surface area contributed by atoms with Crippen molar-refractivity contribution in [3.63, 3.8) is 0 Å². The fraction of sp³-hybridized carbons (Fsp3) is 0.400. The Kier molecular flexibility index (Phi) is 4.93. The highest BCUT2D eigenvalue weighted by atomic mass is 16.5. The van der Waals surface area contributed by atoms with E-state index in [-0.39, 0.29) is 0 Å². The summed E-state index contributed by atoms with van der Waals surface area (Å²) in [6, 6.07) is 2.02. The van der Waals surface area contributed by atoms with Crippen molar-refractivity contribution in [2.24, 2.45) is 0 Å². The van der Waals surface area contributed by atoms with E-state index in [9.17, 15) is 4.79 Å². The zero-order chi connectivity index (χ0) is 12.8. The zero-order valence-electron chi connectivity index (χ0n) is 10.9. The quantitative estimate of drug-likeness (QED) is 0.451. The van der Waals surface area contributed by atoms with Crippen LogP contribution in [0.25, 0.3) is 0 Å². The van der Waals surface area contributed by atoms with Crippen LogP contribution in [0.15, 0.2) is 6.07 Å². The van der Waals surface area contributed by atoms with Gasteiger partial charge in [-0.25, -0.2) is 0 Å². The lowest BCUT2D eigenvalue weighted by atomic mass is 9.95. The maximum Gasteiger partial charge on any atom is 0.150 e. The molecule has 0 spiro atoms. The molecule has 2 nitrogen and oxygen atoms in total. The predicted octanol–water partition coefficient (Wildman–Crippen LogP) is 2.96. The molecule has 0 aliphatic heterocycles. The fourth-order valence-electron chi connectivity index (χ4n) is 1.80. The van der Waals surface area contributed by atoms with Gasteiger partial charge in [0.15, 0.2) is 6.29 Å². The Balaban J connectivity index is 2.93. The van der Waals surface area contributed by atoms with Crippen molar-refractivity contribution in [2.75, 3.05) is 6.61 Å². The predicted molar refractivity (Wildman–Crippen MR) is 69.1 cm³/mol. The highest BCUT2D eigenvalue weighted by molar-refractivity contribution is 5.80. The van der Waals surface area contributed by atoms with Gasteiger partial charge in [0, 0.05) is 5.56 Å². The number of aryl methyl sites for hydroxylation is 1. The van der Waals surface area contributed by atoms with Crippen molar-refractivity contribution in [2.45, 2.75) is 34.3 Å². The topological polar surface area (TPSA) is 26.3 Å². The molecule has 0 aromatic heterocycles. The highest BCUT2D eigenvalue weighted by Gasteiger charge is 2.09. The van der Waals surface area contributed by atoms with Crippen molar-refractivity contribution in [3.05, 3.63) is 33.9 Å². The smallest absolute Gasteiger partial charge is 0.150 e. The van der Waals surface area contributed by atoms with E-state index in [2.05, 4.69) is 11.8 Å². The summed E-state index contributed by atoms with van der Waals surface area (Å²) < 4.78 is 5.46. The van der Waals surface area contributed by atoms with Gasteiger partial charge in [-0.3, -0.25) is 4.79 Å². The van der Waals surface area contributed by atoms with Crippen molar-refractivity contribution < 1.29 is 9.53 Å². The summed E-state index contributed by atoms with van der Waals surface area (Å²) in [6.45, 7) is 8.73. The molecule has 1 aromatic carbocycles. The summed E-state index contributed by atoms with van der Waals surface area (Å²) in [5.41, 5.74) is 5.09.